The van der Waals surface area contributed by atoms with Crippen LogP contribution >= 0.6 is 35.6 Å². The Kier molecular flexibility index (Phi) is 7.37. The number of hydrogen-bond acceptors (Lipinski definition) is 5. The van der Waals surface area contributed by atoms with Gasteiger partial charge in [0, 0.05) is 12.7 Å². The van der Waals surface area contributed by atoms with Crippen LogP contribution in [-0.2, 0) is 13.1 Å². The summed E-state index contributed by atoms with van der Waals surface area (Å²) in [6, 6.07) is 9.57. The quantitative estimate of drug-likeness (QED) is 0.301. The van der Waals surface area contributed by atoms with Gasteiger partial charge in [-0.2, -0.15) is 0 Å². The molecule has 3 aromatic rings. The topological polar surface area (TPSA) is 85.1 Å². The predicted molar refractivity (Wildman–Crippen MR) is 122 cm³/mol. The van der Waals surface area contributed by atoms with E-state index in [2.05, 4.69) is 25.8 Å². The van der Waals surface area contributed by atoms with E-state index in [-0.39, 0.29) is 24.0 Å². The molecule has 0 aliphatic carbocycles. The number of aromatic nitrogens is 3. The lowest BCUT2D eigenvalue weighted by atomic mass is 10.2. The van der Waals surface area contributed by atoms with Crippen LogP contribution in [0.5, 0.6) is 11.5 Å². The molecule has 1 aliphatic rings. The molecule has 0 saturated heterocycles. The average Bonchev–Trinajstić information content (AvgIpc) is 3.13. The molecule has 29 heavy (non-hydrogen) atoms. The Balaban J connectivity index is 0.00000240. The third kappa shape index (κ3) is 5.02. The first-order valence-electron chi connectivity index (χ1n) is 9.13. The minimum absolute atomic E-state index is 0. The highest BCUT2D eigenvalue weighted by atomic mass is 127. The van der Waals surface area contributed by atoms with E-state index in [9.17, 15) is 0 Å². The highest BCUT2D eigenvalue weighted by molar-refractivity contribution is 14.0. The SMILES string of the molecule is CCNC(=NCc1cc(Cl)c2c(c1)OCCO2)NCc1nnc2ccccn12.I. The second-order valence-electron chi connectivity index (χ2n) is 6.20. The van der Waals surface area contributed by atoms with Crippen LogP contribution in [-0.4, -0.2) is 40.3 Å². The molecule has 4 rings (SSSR count). The summed E-state index contributed by atoms with van der Waals surface area (Å²) in [5.41, 5.74) is 1.76. The Labute approximate surface area is 190 Å². The van der Waals surface area contributed by atoms with Crippen LogP contribution in [0.2, 0.25) is 5.02 Å². The highest BCUT2D eigenvalue weighted by Gasteiger charge is 2.16. The zero-order chi connectivity index (χ0) is 19.3. The summed E-state index contributed by atoms with van der Waals surface area (Å²) in [4.78, 5) is 4.64. The first kappa shape index (κ1) is 21.4. The van der Waals surface area contributed by atoms with Crippen LogP contribution in [0, 0.1) is 0 Å². The number of nitrogens with one attached hydrogen (secondary N) is 2. The van der Waals surface area contributed by atoms with Gasteiger partial charge in [0.2, 0.25) is 0 Å². The summed E-state index contributed by atoms with van der Waals surface area (Å²) in [7, 11) is 0. The molecule has 3 heterocycles. The van der Waals surface area contributed by atoms with Crippen molar-refractivity contribution in [3.63, 3.8) is 0 Å². The fraction of sp³-hybridized carbons (Fsp3) is 0.316. The molecule has 154 valence electrons. The molecule has 0 bridgehead atoms. The fourth-order valence-electron chi connectivity index (χ4n) is 2.94. The van der Waals surface area contributed by atoms with Crippen LogP contribution in [0.3, 0.4) is 0 Å². The summed E-state index contributed by atoms with van der Waals surface area (Å²) in [5.74, 6) is 2.76. The predicted octanol–water partition coefficient (Wildman–Crippen LogP) is 3.03. The van der Waals surface area contributed by atoms with Crippen LogP contribution in [0.25, 0.3) is 5.65 Å². The Bertz CT molecular complexity index is 1010. The normalized spacial score (nSPS) is 13.1. The fourth-order valence-corrected chi connectivity index (χ4v) is 3.23. The summed E-state index contributed by atoms with van der Waals surface area (Å²) in [5, 5.41) is 15.4. The van der Waals surface area contributed by atoms with E-state index in [0.717, 1.165) is 23.6 Å². The van der Waals surface area contributed by atoms with E-state index < -0.39 is 0 Å². The van der Waals surface area contributed by atoms with E-state index in [1.54, 1.807) is 0 Å². The van der Waals surface area contributed by atoms with Gasteiger partial charge in [0.05, 0.1) is 18.1 Å². The number of hydrogen-bond donors (Lipinski definition) is 2. The van der Waals surface area contributed by atoms with Crippen LogP contribution in [0.1, 0.15) is 18.3 Å². The Morgan fingerprint density at radius 1 is 1.21 bits per heavy atom. The first-order chi connectivity index (χ1) is 13.7. The molecule has 0 spiro atoms. The number of pyridine rings is 1. The van der Waals surface area contributed by atoms with Gasteiger partial charge in [-0.15, -0.1) is 34.2 Å². The maximum atomic E-state index is 6.31. The summed E-state index contributed by atoms with van der Waals surface area (Å²) >= 11 is 6.31. The summed E-state index contributed by atoms with van der Waals surface area (Å²) in [6.45, 7) is 4.74. The third-order valence-corrected chi connectivity index (χ3v) is 4.50. The molecule has 1 aromatic carbocycles. The molecule has 0 fully saturated rings. The lowest BCUT2D eigenvalue weighted by molar-refractivity contribution is 0.171. The van der Waals surface area contributed by atoms with Crippen LogP contribution in [0.15, 0.2) is 41.5 Å². The molecule has 2 N–H and O–H groups in total. The lowest BCUT2D eigenvalue weighted by Gasteiger charge is -2.20. The smallest absolute Gasteiger partial charge is 0.191 e. The molecule has 0 atom stereocenters. The van der Waals surface area contributed by atoms with Gasteiger partial charge in [0.1, 0.15) is 13.2 Å². The number of nitrogens with zero attached hydrogens (tertiary/aromatic N) is 4. The van der Waals surface area contributed by atoms with E-state index >= 15 is 0 Å². The second kappa shape index (κ2) is 9.97. The number of aliphatic imine (C=N–C) groups is 1. The second-order valence-corrected chi connectivity index (χ2v) is 6.60. The number of fused-ring (bicyclic) bond motifs is 2. The molecule has 1 aliphatic heterocycles. The summed E-state index contributed by atoms with van der Waals surface area (Å²) < 4.78 is 13.1. The van der Waals surface area contributed by atoms with Crippen molar-refractivity contribution in [2.75, 3.05) is 19.8 Å². The number of benzene rings is 1. The molecule has 0 unspecified atom stereocenters. The molecule has 10 heteroatoms. The van der Waals surface area contributed by atoms with E-state index in [4.69, 9.17) is 21.1 Å². The first-order valence-corrected chi connectivity index (χ1v) is 9.51. The highest BCUT2D eigenvalue weighted by Crippen LogP contribution is 2.38. The Morgan fingerprint density at radius 3 is 2.93 bits per heavy atom. The minimum Gasteiger partial charge on any atom is -0.486 e. The van der Waals surface area contributed by atoms with Gasteiger partial charge in [0.15, 0.2) is 28.9 Å². The molecular formula is C19H22ClIN6O2. The van der Waals surface area contributed by atoms with Gasteiger partial charge in [-0.3, -0.25) is 4.40 Å². The van der Waals surface area contributed by atoms with Crippen LogP contribution in [0.4, 0.5) is 0 Å². The Hall–Kier alpha value is -2.27. The average molecular weight is 529 g/mol. The van der Waals surface area contributed by atoms with Crippen molar-refractivity contribution in [2.24, 2.45) is 4.99 Å². The molecule has 0 radical (unpaired) electrons. The van der Waals surface area contributed by atoms with Gasteiger partial charge in [-0.1, -0.05) is 17.7 Å². The lowest BCUT2D eigenvalue weighted by Crippen LogP contribution is -2.37. The number of guanidine groups is 1. The molecule has 0 amide bonds. The van der Waals surface area contributed by atoms with Crippen molar-refractivity contribution < 1.29 is 9.47 Å². The third-order valence-electron chi connectivity index (χ3n) is 4.22. The minimum atomic E-state index is 0. The number of rotatable bonds is 5. The Morgan fingerprint density at radius 2 is 2.07 bits per heavy atom. The summed E-state index contributed by atoms with van der Waals surface area (Å²) in [6.07, 6.45) is 1.94. The van der Waals surface area contributed by atoms with Crippen molar-refractivity contribution >= 4 is 47.2 Å². The largest absolute Gasteiger partial charge is 0.486 e. The molecule has 0 saturated carbocycles. The molecule has 8 nitrogen and oxygen atoms in total. The van der Waals surface area contributed by atoms with Gasteiger partial charge in [0.25, 0.3) is 0 Å². The van der Waals surface area contributed by atoms with Crippen molar-refractivity contribution in [2.45, 2.75) is 20.0 Å². The van der Waals surface area contributed by atoms with E-state index in [1.807, 2.05) is 47.9 Å². The maximum absolute atomic E-state index is 6.31. The molecular weight excluding hydrogens is 507 g/mol. The molecule has 2 aromatic heterocycles. The van der Waals surface area contributed by atoms with E-state index in [0.29, 0.717) is 48.8 Å². The van der Waals surface area contributed by atoms with Crippen molar-refractivity contribution in [1.29, 1.82) is 0 Å². The van der Waals surface area contributed by atoms with Gasteiger partial charge >= 0.3 is 0 Å². The van der Waals surface area contributed by atoms with Crippen molar-refractivity contribution in [1.82, 2.24) is 25.2 Å². The van der Waals surface area contributed by atoms with Crippen molar-refractivity contribution in [3.8, 4) is 11.5 Å². The maximum Gasteiger partial charge on any atom is 0.191 e. The van der Waals surface area contributed by atoms with Gasteiger partial charge in [-0.25, -0.2) is 4.99 Å². The van der Waals surface area contributed by atoms with Gasteiger partial charge in [-0.05, 0) is 36.8 Å². The van der Waals surface area contributed by atoms with Gasteiger partial charge < -0.3 is 20.1 Å². The monoisotopic (exact) mass is 528 g/mol. The van der Waals surface area contributed by atoms with E-state index in [1.165, 1.54) is 0 Å². The number of ether oxygens (including phenoxy) is 2. The zero-order valence-electron chi connectivity index (χ0n) is 15.9. The number of halogens is 2. The standard InChI is InChI=1S/C19H21ClN6O2.HI/c1-2-21-19(23-12-17-25-24-16-5-3-4-6-26(16)17)22-11-13-9-14(20)18-15(10-13)27-7-8-28-18;/h3-6,9-10H,2,7-8,11-12H2,1H3,(H2,21,22,23);1H. The van der Waals surface area contributed by atoms with Crippen molar-refractivity contribution in [3.05, 3.63) is 52.9 Å². The van der Waals surface area contributed by atoms with Crippen LogP contribution < -0.4 is 20.1 Å². The zero-order valence-corrected chi connectivity index (χ0v) is 19.0.